The Balaban J connectivity index is 1.55. The summed E-state index contributed by atoms with van der Waals surface area (Å²) in [6.07, 6.45) is 8.47. The molecule has 4 rings (SSSR count). The number of nitrogens with one attached hydrogen (secondary N) is 1. The standard InChI is InChI=1S/C21H31N5O3/c1-3-5-19(27)22-11-18-15-8-14(17-6-4-7-20(28)26(17)18)12-25(13-15)21-23-9-16(29-2)10-24-21/h9-10,14-15,17-18H,3-8,11-13H2,1-2H3,(H,22,27)/t14-,15+,17+,18+/m1/s1. The minimum atomic E-state index is 0.0471. The molecule has 2 bridgehead atoms. The number of ether oxygens (including phenoxy) is 1. The summed E-state index contributed by atoms with van der Waals surface area (Å²) < 4.78 is 5.18. The number of aromatic nitrogens is 2. The van der Waals surface area contributed by atoms with E-state index in [1.807, 2.05) is 6.92 Å². The zero-order valence-corrected chi connectivity index (χ0v) is 17.3. The van der Waals surface area contributed by atoms with Crippen molar-refractivity contribution in [2.75, 3.05) is 31.6 Å². The van der Waals surface area contributed by atoms with Gasteiger partial charge < -0.3 is 19.9 Å². The Morgan fingerprint density at radius 3 is 2.76 bits per heavy atom. The number of fused-ring (bicyclic) bond motifs is 4. The van der Waals surface area contributed by atoms with Crippen LogP contribution in [-0.4, -0.2) is 65.5 Å². The molecule has 2 amide bonds. The summed E-state index contributed by atoms with van der Waals surface area (Å²) >= 11 is 0. The molecule has 1 aromatic heterocycles. The molecule has 4 heterocycles. The zero-order chi connectivity index (χ0) is 20.4. The van der Waals surface area contributed by atoms with Gasteiger partial charge in [0.1, 0.15) is 0 Å². The van der Waals surface area contributed by atoms with Crippen LogP contribution in [0.15, 0.2) is 12.4 Å². The first-order chi connectivity index (χ1) is 14.1. The van der Waals surface area contributed by atoms with Crippen molar-refractivity contribution >= 4 is 17.8 Å². The van der Waals surface area contributed by atoms with Crippen LogP contribution in [0.3, 0.4) is 0 Å². The van der Waals surface area contributed by atoms with E-state index in [4.69, 9.17) is 4.74 Å². The van der Waals surface area contributed by atoms with Crippen molar-refractivity contribution < 1.29 is 14.3 Å². The number of piperidine rings is 3. The topological polar surface area (TPSA) is 87.7 Å². The van der Waals surface area contributed by atoms with Gasteiger partial charge in [0.05, 0.1) is 25.5 Å². The summed E-state index contributed by atoms with van der Waals surface area (Å²) in [6, 6.07) is 0.299. The maximum atomic E-state index is 12.8. The molecule has 3 aliphatic rings. The molecule has 29 heavy (non-hydrogen) atoms. The molecule has 3 saturated heterocycles. The normalized spacial score (nSPS) is 28.7. The van der Waals surface area contributed by atoms with Crippen LogP contribution in [0.4, 0.5) is 5.95 Å². The number of hydrogen-bond acceptors (Lipinski definition) is 6. The molecule has 4 atom stereocenters. The highest BCUT2D eigenvalue weighted by molar-refractivity contribution is 5.78. The summed E-state index contributed by atoms with van der Waals surface area (Å²) in [6.45, 7) is 4.21. The highest BCUT2D eigenvalue weighted by Gasteiger charge is 2.49. The largest absolute Gasteiger partial charge is 0.494 e. The van der Waals surface area contributed by atoms with E-state index in [0.717, 1.165) is 38.8 Å². The Morgan fingerprint density at radius 1 is 1.28 bits per heavy atom. The molecule has 1 aromatic rings. The van der Waals surface area contributed by atoms with Crippen molar-refractivity contribution in [2.24, 2.45) is 11.8 Å². The van der Waals surface area contributed by atoms with Crippen molar-refractivity contribution in [1.82, 2.24) is 20.2 Å². The number of rotatable bonds is 6. The molecule has 0 radical (unpaired) electrons. The van der Waals surface area contributed by atoms with Crippen molar-refractivity contribution in [3.05, 3.63) is 12.4 Å². The first kappa shape index (κ1) is 19.9. The lowest BCUT2D eigenvalue weighted by Crippen LogP contribution is -2.67. The SMILES string of the molecule is CCCC(=O)NC[C@H]1[C@H]2C[C@H](CN(c3ncc(OC)cn3)C2)[C@@H]2CCCC(=O)N21. The van der Waals surface area contributed by atoms with Crippen LogP contribution < -0.4 is 15.0 Å². The molecule has 0 aromatic carbocycles. The lowest BCUT2D eigenvalue weighted by molar-refractivity contribution is -0.149. The number of amides is 2. The predicted octanol–water partition coefficient (Wildman–Crippen LogP) is 1.61. The number of hydrogen-bond donors (Lipinski definition) is 1. The van der Waals surface area contributed by atoms with Crippen LogP contribution in [0.5, 0.6) is 5.75 Å². The van der Waals surface area contributed by atoms with Crippen molar-refractivity contribution in [3.63, 3.8) is 0 Å². The molecule has 8 nitrogen and oxygen atoms in total. The third kappa shape index (κ3) is 4.02. The number of carbonyl (C=O) groups is 2. The van der Waals surface area contributed by atoms with E-state index in [9.17, 15) is 9.59 Å². The average molecular weight is 402 g/mol. The van der Waals surface area contributed by atoms with E-state index >= 15 is 0 Å². The first-order valence-electron chi connectivity index (χ1n) is 10.8. The molecule has 0 saturated carbocycles. The molecule has 1 N–H and O–H groups in total. The van der Waals surface area contributed by atoms with Gasteiger partial charge in [-0.1, -0.05) is 6.92 Å². The molecule has 3 fully saturated rings. The van der Waals surface area contributed by atoms with Crippen LogP contribution in [0.25, 0.3) is 0 Å². The smallest absolute Gasteiger partial charge is 0.225 e. The van der Waals surface area contributed by atoms with Gasteiger partial charge in [-0.15, -0.1) is 0 Å². The van der Waals surface area contributed by atoms with Crippen LogP contribution in [0, 0.1) is 11.8 Å². The fourth-order valence-corrected chi connectivity index (χ4v) is 5.31. The summed E-state index contributed by atoms with van der Waals surface area (Å²) in [7, 11) is 1.61. The maximum absolute atomic E-state index is 12.8. The minimum absolute atomic E-state index is 0.0471. The summed E-state index contributed by atoms with van der Waals surface area (Å²) in [5.41, 5.74) is 0. The number of anilines is 1. The third-order valence-corrected chi connectivity index (χ3v) is 6.62. The zero-order valence-electron chi connectivity index (χ0n) is 17.3. The Kier molecular flexibility index (Phi) is 5.87. The Morgan fingerprint density at radius 2 is 2.03 bits per heavy atom. The van der Waals surface area contributed by atoms with E-state index in [2.05, 4.69) is 25.1 Å². The van der Waals surface area contributed by atoms with Gasteiger partial charge in [0.2, 0.25) is 17.8 Å². The molecule has 0 aliphatic carbocycles. The van der Waals surface area contributed by atoms with Crippen molar-refractivity contribution in [3.8, 4) is 5.75 Å². The summed E-state index contributed by atoms with van der Waals surface area (Å²) in [5, 5.41) is 3.08. The Bertz CT molecular complexity index is 740. The minimum Gasteiger partial charge on any atom is -0.494 e. The lowest BCUT2D eigenvalue weighted by atomic mass is 9.72. The van der Waals surface area contributed by atoms with Gasteiger partial charge in [-0.05, 0) is 37.5 Å². The van der Waals surface area contributed by atoms with Gasteiger partial charge in [-0.2, -0.15) is 0 Å². The quantitative estimate of drug-likeness (QED) is 0.779. The molecule has 0 spiro atoms. The van der Waals surface area contributed by atoms with Crippen LogP contribution >= 0.6 is 0 Å². The highest BCUT2D eigenvalue weighted by Crippen LogP contribution is 2.42. The molecule has 8 heteroatoms. The number of carbonyl (C=O) groups excluding carboxylic acids is 2. The highest BCUT2D eigenvalue weighted by atomic mass is 16.5. The maximum Gasteiger partial charge on any atom is 0.225 e. The molecule has 3 aliphatic heterocycles. The van der Waals surface area contributed by atoms with Crippen molar-refractivity contribution in [1.29, 1.82) is 0 Å². The second-order valence-corrected chi connectivity index (χ2v) is 8.47. The second kappa shape index (κ2) is 8.55. The van der Waals surface area contributed by atoms with E-state index in [1.54, 1.807) is 19.5 Å². The van der Waals surface area contributed by atoms with Gasteiger partial charge >= 0.3 is 0 Å². The molecular formula is C21H31N5O3. The van der Waals surface area contributed by atoms with E-state index in [-0.39, 0.29) is 23.9 Å². The summed E-state index contributed by atoms with van der Waals surface area (Å²) in [4.78, 5) is 38.3. The second-order valence-electron chi connectivity index (χ2n) is 8.47. The van der Waals surface area contributed by atoms with Crippen molar-refractivity contribution in [2.45, 2.75) is 57.5 Å². The van der Waals surface area contributed by atoms with Gasteiger partial charge in [0, 0.05) is 38.5 Å². The molecular weight excluding hydrogens is 370 g/mol. The van der Waals surface area contributed by atoms with Gasteiger partial charge in [-0.25, -0.2) is 9.97 Å². The van der Waals surface area contributed by atoms with Gasteiger partial charge in [-0.3, -0.25) is 9.59 Å². The monoisotopic (exact) mass is 401 g/mol. The fraction of sp³-hybridized carbons (Fsp3) is 0.714. The average Bonchev–Trinajstić information content (AvgIpc) is 2.74. The van der Waals surface area contributed by atoms with Gasteiger partial charge in [0.25, 0.3) is 0 Å². The summed E-state index contributed by atoms with van der Waals surface area (Å²) in [5.74, 6) is 2.41. The van der Waals surface area contributed by atoms with Crippen LogP contribution in [0.1, 0.15) is 45.4 Å². The first-order valence-corrected chi connectivity index (χ1v) is 10.8. The van der Waals surface area contributed by atoms with Crippen LogP contribution in [-0.2, 0) is 9.59 Å². The number of methoxy groups -OCH3 is 1. The van der Waals surface area contributed by atoms with E-state index in [1.165, 1.54) is 0 Å². The van der Waals surface area contributed by atoms with Gasteiger partial charge in [0.15, 0.2) is 5.75 Å². The fourth-order valence-electron chi connectivity index (χ4n) is 5.31. The Hall–Kier alpha value is -2.38. The third-order valence-electron chi connectivity index (χ3n) is 6.62. The Labute approximate surface area is 172 Å². The molecule has 158 valence electrons. The van der Waals surface area contributed by atoms with Crippen LogP contribution in [0.2, 0.25) is 0 Å². The molecule has 0 unspecified atom stereocenters. The lowest BCUT2D eigenvalue weighted by Gasteiger charge is -2.56. The number of nitrogens with zero attached hydrogens (tertiary/aromatic N) is 4. The van der Waals surface area contributed by atoms with E-state index in [0.29, 0.717) is 42.9 Å². The van der Waals surface area contributed by atoms with E-state index < -0.39 is 0 Å². The predicted molar refractivity (Wildman–Crippen MR) is 109 cm³/mol.